The summed E-state index contributed by atoms with van der Waals surface area (Å²) >= 11 is 0. The maximum atomic E-state index is 6.02. The maximum Gasteiger partial charge on any atom is 0.191 e. The Hall–Kier alpha value is -3.28. The smallest absolute Gasteiger partial charge is 0.191 e. The first kappa shape index (κ1) is 21.9. The molecule has 1 fully saturated rings. The van der Waals surface area contributed by atoms with Crippen molar-refractivity contribution < 1.29 is 4.74 Å². The normalized spacial score (nSPS) is 13.7. The van der Waals surface area contributed by atoms with Crippen LogP contribution in [0.4, 0.5) is 0 Å². The van der Waals surface area contributed by atoms with Crippen LogP contribution in [0, 0.1) is 5.92 Å². The molecule has 0 unspecified atom stereocenters. The Bertz CT molecular complexity index is 994. The fourth-order valence-corrected chi connectivity index (χ4v) is 3.65. The first-order valence-electron chi connectivity index (χ1n) is 11.5. The summed E-state index contributed by atoms with van der Waals surface area (Å²) < 4.78 is 8.23. The van der Waals surface area contributed by atoms with Crippen LogP contribution in [0.2, 0.25) is 0 Å². The van der Waals surface area contributed by atoms with Gasteiger partial charge in [0.1, 0.15) is 11.6 Å². The summed E-state index contributed by atoms with van der Waals surface area (Å²) in [6.07, 6.45) is 8.64. The van der Waals surface area contributed by atoms with Gasteiger partial charge in [-0.15, -0.1) is 0 Å². The highest BCUT2D eigenvalue weighted by Gasteiger charge is 2.22. The monoisotopic (exact) mass is 431 g/mol. The number of guanidine groups is 1. The van der Waals surface area contributed by atoms with Crippen molar-refractivity contribution >= 4 is 5.96 Å². The summed E-state index contributed by atoms with van der Waals surface area (Å²) in [6, 6.07) is 18.8. The van der Waals surface area contributed by atoms with E-state index in [0.29, 0.717) is 13.1 Å². The molecule has 0 radical (unpaired) electrons. The van der Waals surface area contributed by atoms with Gasteiger partial charge in [0.05, 0.1) is 13.2 Å². The zero-order chi connectivity index (χ0) is 22.0. The van der Waals surface area contributed by atoms with Gasteiger partial charge in [0.2, 0.25) is 0 Å². The molecule has 0 saturated heterocycles. The highest BCUT2D eigenvalue weighted by Crippen LogP contribution is 2.30. The molecule has 0 spiro atoms. The SMILES string of the molecule is CN=C(NCc1ccccc1OCC1CC1)NCc1nccn1CCCc1ccccc1. The predicted molar refractivity (Wildman–Crippen MR) is 129 cm³/mol. The van der Waals surface area contributed by atoms with Gasteiger partial charge in [-0.05, 0) is 43.2 Å². The van der Waals surface area contributed by atoms with Gasteiger partial charge in [-0.1, -0.05) is 48.5 Å². The minimum Gasteiger partial charge on any atom is -0.493 e. The molecule has 168 valence electrons. The maximum absolute atomic E-state index is 6.02. The number of aryl methyl sites for hydroxylation is 2. The second-order valence-corrected chi connectivity index (χ2v) is 8.27. The second-order valence-electron chi connectivity index (χ2n) is 8.27. The topological polar surface area (TPSA) is 63.5 Å². The van der Waals surface area contributed by atoms with E-state index in [2.05, 4.69) is 61.6 Å². The number of aliphatic imine (C=N–C) groups is 1. The fraction of sp³-hybridized carbons (Fsp3) is 0.385. The summed E-state index contributed by atoms with van der Waals surface area (Å²) in [5.74, 6) is 3.45. The van der Waals surface area contributed by atoms with Crippen LogP contribution in [-0.4, -0.2) is 29.2 Å². The number of hydrogen-bond donors (Lipinski definition) is 2. The number of nitrogens with zero attached hydrogens (tertiary/aromatic N) is 3. The summed E-state index contributed by atoms with van der Waals surface area (Å²) in [5.41, 5.74) is 2.51. The number of rotatable bonds is 11. The lowest BCUT2D eigenvalue weighted by Crippen LogP contribution is -2.37. The summed E-state index contributed by atoms with van der Waals surface area (Å²) in [6.45, 7) is 3.05. The Morgan fingerprint density at radius 1 is 1.06 bits per heavy atom. The average Bonchev–Trinajstić information content (AvgIpc) is 3.56. The standard InChI is InChI=1S/C26H33N5O/c1-27-26(29-18-23-11-5-6-12-24(23)32-20-22-13-14-22)30-19-25-28-15-17-31(25)16-7-10-21-8-3-2-4-9-21/h2-6,8-9,11-12,15,17,22H,7,10,13-14,16,18-20H2,1H3,(H2,27,29,30). The average molecular weight is 432 g/mol. The Labute approximate surface area is 190 Å². The molecule has 4 rings (SSSR count). The van der Waals surface area contributed by atoms with Crippen molar-refractivity contribution in [3.05, 3.63) is 83.9 Å². The Morgan fingerprint density at radius 3 is 2.66 bits per heavy atom. The van der Waals surface area contributed by atoms with Gasteiger partial charge >= 0.3 is 0 Å². The molecular weight excluding hydrogens is 398 g/mol. The van der Waals surface area contributed by atoms with E-state index in [9.17, 15) is 0 Å². The van der Waals surface area contributed by atoms with Gasteiger partial charge in [-0.2, -0.15) is 0 Å². The van der Waals surface area contributed by atoms with Crippen molar-refractivity contribution in [2.75, 3.05) is 13.7 Å². The molecule has 1 saturated carbocycles. The third-order valence-electron chi connectivity index (χ3n) is 5.74. The molecule has 2 N–H and O–H groups in total. The van der Waals surface area contributed by atoms with E-state index in [1.165, 1.54) is 18.4 Å². The molecule has 1 aliphatic carbocycles. The number of aromatic nitrogens is 2. The van der Waals surface area contributed by atoms with E-state index in [0.717, 1.165) is 55.0 Å². The third-order valence-corrected chi connectivity index (χ3v) is 5.74. The van der Waals surface area contributed by atoms with Crippen molar-refractivity contribution in [2.45, 2.75) is 45.3 Å². The fourth-order valence-electron chi connectivity index (χ4n) is 3.65. The number of benzene rings is 2. The van der Waals surface area contributed by atoms with Gasteiger partial charge in [-0.25, -0.2) is 4.98 Å². The van der Waals surface area contributed by atoms with Gasteiger partial charge < -0.3 is 19.9 Å². The third kappa shape index (κ3) is 6.61. The lowest BCUT2D eigenvalue weighted by molar-refractivity contribution is 0.296. The Balaban J connectivity index is 1.24. The van der Waals surface area contributed by atoms with Crippen molar-refractivity contribution in [2.24, 2.45) is 10.9 Å². The van der Waals surface area contributed by atoms with Crippen LogP contribution in [0.25, 0.3) is 0 Å². The molecule has 0 atom stereocenters. The molecule has 0 bridgehead atoms. The van der Waals surface area contributed by atoms with E-state index in [1.807, 2.05) is 30.6 Å². The van der Waals surface area contributed by atoms with Crippen LogP contribution < -0.4 is 15.4 Å². The van der Waals surface area contributed by atoms with E-state index >= 15 is 0 Å². The van der Waals surface area contributed by atoms with Gasteiger partial charge in [0.25, 0.3) is 0 Å². The largest absolute Gasteiger partial charge is 0.493 e. The molecule has 32 heavy (non-hydrogen) atoms. The van der Waals surface area contributed by atoms with Crippen molar-refractivity contribution in [3.8, 4) is 5.75 Å². The number of ether oxygens (including phenoxy) is 1. The molecule has 6 heteroatoms. The number of nitrogens with one attached hydrogen (secondary N) is 2. The second kappa shape index (κ2) is 11.4. The Kier molecular flexibility index (Phi) is 7.79. The van der Waals surface area contributed by atoms with Crippen LogP contribution in [-0.2, 0) is 26.1 Å². The number of hydrogen-bond acceptors (Lipinski definition) is 3. The Morgan fingerprint density at radius 2 is 1.84 bits per heavy atom. The van der Waals surface area contributed by atoms with Gasteiger partial charge in [0.15, 0.2) is 5.96 Å². The number of imidazole rings is 1. The molecule has 0 amide bonds. The van der Waals surface area contributed by atoms with E-state index in [1.54, 1.807) is 7.05 Å². The van der Waals surface area contributed by atoms with Crippen LogP contribution >= 0.6 is 0 Å². The van der Waals surface area contributed by atoms with Crippen molar-refractivity contribution in [3.63, 3.8) is 0 Å². The van der Waals surface area contributed by atoms with Gasteiger partial charge in [-0.3, -0.25) is 4.99 Å². The zero-order valence-electron chi connectivity index (χ0n) is 18.8. The molecule has 6 nitrogen and oxygen atoms in total. The molecule has 2 aromatic carbocycles. The summed E-state index contributed by atoms with van der Waals surface area (Å²) in [4.78, 5) is 8.89. The molecule has 1 aliphatic rings. The predicted octanol–water partition coefficient (Wildman–Crippen LogP) is 4.17. The highest BCUT2D eigenvalue weighted by atomic mass is 16.5. The van der Waals surface area contributed by atoms with Crippen LogP contribution in [0.15, 0.2) is 72.0 Å². The molecule has 1 aromatic heterocycles. The summed E-state index contributed by atoms with van der Waals surface area (Å²) in [5, 5.41) is 6.78. The highest BCUT2D eigenvalue weighted by molar-refractivity contribution is 5.79. The minimum absolute atomic E-state index is 0.623. The lowest BCUT2D eigenvalue weighted by atomic mass is 10.1. The van der Waals surface area contributed by atoms with Crippen LogP contribution in [0.3, 0.4) is 0 Å². The van der Waals surface area contributed by atoms with Crippen molar-refractivity contribution in [1.29, 1.82) is 0 Å². The van der Waals surface area contributed by atoms with Crippen LogP contribution in [0.5, 0.6) is 5.75 Å². The van der Waals surface area contributed by atoms with Crippen molar-refractivity contribution in [1.82, 2.24) is 20.2 Å². The minimum atomic E-state index is 0.623. The van der Waals surface area contributed by atoms with E-state index in [4.69, 9.17) is 4.74 Å². The molecule has 1 heterocycles. The molecular formula is C26H33N5O. The first-order chi connectivity index (χ1) is 15.8. The lowest BCUT2D eigenvalue weighted by Gasteiger charge is -2.15. The molecule has 3 aromatic rings. The van der Waals surface area contributed by atoms with E-state index in [-0.39, 0.29) is 0 Å². The van der Waals surface area contributed by atoms with Crippen LogP contribution in [0.1, 0.15) is 36.2 Å². The quantitative estimate of drug-likeness (QED) is 0.353. The summed E-state index contributed by atoms with van der Waals surface area (Å²) in [7, 11) is 1.79. The number of para-hydroxylation sites is 1. The zero-order valence-corrected chi connectivity index (χ0v) is 18.8. The first-order valence-corrected chi connectivity index (χ1v) is 11.5. The molecule has 0 aliphatic heterocycles. The van der Waals surface area contributed by atoms with E-state index < -0.39 is 0 Å². The van der Waals surface area contributed by atoms with Gasteiger partial charge in [0, 0.05) is 38.1 Å².